The maximum Gasteiger partial charge on any atom is 0.360 e. The van der Waals surface area contributed by atoms with Gasteiger partial charge in [0.15, 0.2) is 5.69 Å². The molecule has 0 aromatic carbocycles. The van der Waals surface area contributed by atoms with Crippen LogP contribution in [-0.2, 0) is 4.74 Å². The van der Waals surface area contributed by atoms with Gasteiger partial charge in [-0.25, -0.2) is 9.48 Å². The standard InChI is InChI=1S/C11H18N4O2/c1-8(2)3-4-17-11(16)10-7-15(14-13-10)9-5-12-6-9/h7-9,12H,3-6H2,1-2H3. The molecule has 2 heterocycles. The van der Waals surface area contributed by atoms with Crippen LogP contribution in [0.15, 0.2) is 6.20 Å². The zero-order valence-electron chi connectivity index (χ0n) is 10.2. The third kappa shape index (κ3) is 3.03. The third-order valence-electron chi connectivity index (χ3n) is 2.78. The molecule has 1 aromatic rings. The fourth-order valence-corrected chi connectivity index (χ4v) is 1.47. The van der Waals surface area contributed by atoms with E-state index in [0.717, 1.165) is 19.5 Å². The molecular weight excluding hydrogens is 220 g/mol. The van der Waals surface area contributed by atoms with E-state index in [1.165, 1.54) is 0 Å². The summed E-state index contributed by atoms with van der Waals surface area (Å²) in [5.74, 6) is 0.142. The van der Waals surface area contributed by atoms with Crippen molar-refractivity contribution in [2.75, 3.05) is 19.7 Å². The van der Waals surface area contributed by atoms with Crippen LogP contribution < -0.4 is 5.32 Å². The summed E-state index contributed by atoms with van der Waals surface area (Å²) < 4.78 is 6.83. The minimum absolute atomic E-state index is 0.292. The highest BCUT2D eigenvalue weighted by molar-refractivity contribution is 5.86. The Hall–Kier alpha value is -1.43. The number of nitrogens with one attached hydrogen (secondary N) is 1. The Labute approximate surface area is 100 Å². The molecule has 0 radical (unpaired) electrons. The van der Waals surface area contributed by atoms with Crippen LogP contribution in [0.5, 0.6) is 0 Å². The summed E-state index contributed by atoms with van der Waals surface area (Å²) in [6.07, 6.45) is 2.52. The molecule has 0 atom stereocenters. The highest BCUT2D eigenvalue weighted by Gasteiger charge is 2.22. The molecule has 1 aliphatic heterocycles. The fraction of sp³-hybridized carbons (Fsp3) is 0.727. The summed E-state index contributed by atoms with van der Waals surface area (Å²) in [6.45, 7) is 6.38. The average Bonchev–Trinajstić information content (AvgIpc) is 2.63. The van der Waals surface area contributed by atoms with Crippen molar-refractivity contribution in [1.29, 1.82) is 0 Å². The van der Waals surface area contributed by atoms with Crippen LogP contribution in [0.4, 0.5) is 0 Å². The highest BCUT2D eigenvalue weighted by atomic mass is 16.5. The minimum Gasteiger partial charge on any atom is -0.461 e. The maximum absolute atomic E-state index is 11.6. The SMILES string of the molecule is CC(C)CCOC(=O)c1cn(C2CNC2)nn1. The number of aromatic nitrogens is 3. The lowest BCUT2D eigenvalue weighted by Gasteiger charge is -2.26. The van der Waals surface area contributed by atoms with E-state index >= 15 is 0 Å². The Balaban J connectivity index is 1.84. The number of hydrogen-bond donors (Lipinski definition) is 1. The third-order valence-corrected chi connectivity index (χ3v) is 2.78. The second kappa shape index (κ2) is 5.27. The summed E-state index contributed by atoms with van der Waals surface area (Å²) in [5.41, 5.74) is 0.292. The van der Waals surface area contributed by atoms with Crippen molar-refractivity contribution in [2.24, 2.45) is 5.92 Å². The van der Waals surface area contributed by atoms with E-state index in [4.69, 9.17) is 4.74 Å². The van der Waals surface area contributed by atoms with Gasteiger partial charge < -0.3 is 10.1 Å². The molecule has 1 N–H and O–H groups in total. The van der Waals surface area contributed by atoms with Gasteiger partial charge in [-0.1, -0.05) is 19.1 Å². The Morgan fingerprint density at radius 2 is 2.41 bits per heavy atom. The molecule has 0 amide bonds. The largest absolute Gasteiger partial charge is 0.461 e. The van der Waals surface area contributed by atoms with Gasteiger partial charge in [0.1, 0.15) is 0 Å². The predicted molar refractivity (Wildman–Crippen MR) is 61.7 cm³/mol. The first-order valence-electron chi connectivity index (χ1n) is 5.96. The molecule has 0 bridgehead atoms. The first-order chi connectivity index (χ1) is 8.16. The molecule has 6 nitrogen and oxygen atoms in total. The van der Waals surface area contributed by atoms with Crippen LogP contribution in [0.25, 0.3) is 0 Å². The van der Waals surface area contributed by atoms with Gasteiger partial charge in [-0.2, -0.15) is 0 Å². The molecule has 6 heteroatoms. The summed E-state index contributed by atoms with van der Waals surface area (Å²) in [6, 6.07) is 0.319. The van der Waals surface area contributed by atoms with E-state index in [9.17, 15) is 4.79 Å². The Bertz CT molecular complexity index is 385. The van der Waals surface area contributed by atoms with Crippen LogP contribution in [-0.4, -0.2) is 40.7 Å². The number of carbonyl (C=O) groups is 1. The quantitative estimate of drug-likeness (QED) is 0.762. The summed E-state index contributed by atoms with van der Waals surface area (Å²) >= 11 is 0. The van der Waals surface area contributed by atoms with Crippen LogP contribution in [0.3, 0.4) is 0 Å². The molecule has 0 aliphatic carbocycles. The van der Waals surface area contributed by atoms with Crippen molar-refractivity contribution in [2.45, 2.75) is 26.3 Å². The molecular formula is C11H18N4O2. The average molecular weight is 238 g/mol. The van der Waals surface area contributed by atoms with E-state index in [-0.39, 0.29) is 5.97 Å². The number of esters is 1. The molecule has 1 aliphatic rings. The van der Waals surface area contributed by atoms with E-state index < -0.39 is 0 Å². The molecule has 1 aromatic heterocycles. The normalized spacial score (nSPS) is 15.9. The van der Waals surface area contributed by atoms with E-state index in [1.54, 1.807) is 10.9 Å². The van der Waals surface area contributed by atoms with Crippen LogP contribution >= 0.6 is 0 Å². The van der Waals surface area contributed by atoms with Gasteiger partial charge in [0.05, 0.1) is 18.8 Å². The number of ether oxygens (including phenoxy) is 1. The molecule has 94 valence electrons. The maximum atomic E-state index is 11.6. The fourth-order valence-electron chi connectivity index (χ4n) is 1.47. The van der Waals surface area contributed by atoms with Crippen molar-refractivity contribution >= 4 is 5.97 Å². The number of rotatable bonds is 5. The zero-order chi connectivity index (χ0) is 12.3. The predicted octanol–water partition coefficient (Wildman–Crippen LogP) is 0.625. The topological polar surface area (TPSA) is 69.0 Å². The molecule has 1 fully saturated rings. The van der Waals surface area contributed by atoms with Gasteiger partial charge in [0.25, 0.3) is 0 Å². The summed E-state index contributed by atoms with van der Waals surface area (Å²) in [7, 11) is 0. The molecule has 17 heavy (non-hydrogen) atoms. The van der Waals surface area contributed by atoms with Crippen molar-refractivity contribution in [1.82, 2.24) is 20.3 Å². The Kier molecular flexibility index (Phi) is 3.73. The zero-order valence-corrected chi connectivity index (χ0v) is 10.2. The monoisotopic (exact) mass is 238 g/mol. The van der Waals surface area contributed by atoms with Gasteiger partial charge >= 0.3 is 5.97 Å². The van der Waals surface area contributed by atoms with E-state index in [2.05, 4.69) is 29.5 Å². The lowest BCUT2D eigenvalue weighted by Crippen LogP contribution is -2.43. The number of nitrogens with zero attached hydrogens (tertiary/aromatic N) is 3. The van der Waals surface area contributed by atoms with Gasteiger partial charge in [-0.3, -0.25) is 0 Å². The van der Waals surface area contributed by atoms with E-state index in [0.29, 0.717) is 24.3 Å². The number of hydrogen-bond acceptors (Lipinski definition) is 5. The van der Waals surface area contributed by atoms with Crippen molar-refractivity contribution in [3.63, 3.8) is 0 Å². The van der Waals surface area contributed by atoms with Crippen LogP contribution in [0.2, 0.25) is 0 Å². The van der Waals surface area contributed by atoms with Crippen molar-refractivity contribution < 1.29 is 9.53 Å². The van der Waals surface area contributed by atoms with Crippen molar-refractivity contribution in [3.05, 3.63) is 11.9 Å². The minimum atomic E-state index is -0.385. The Morgan fingerprint density at radius 1 is 1.65 bits per heavy atom. The molecule has 0 unspecified atom stereocenters. The highest BCUT2D eigenvalue weighted by Crippen LogP contribution is 2.10. The second-order valence-corrected chi connectivity index (χ2v) is 4.71. The molecule has 1 saturated heterocycles. The molecule has 2 rings (SSSR count). The first-order valence-corrected chi connectivity index (χ1v) is 5.96. The van der Waals surface area contributed by atoms with Gasteiger partial charge in [0.2, 0.25) is 0 Å². The van der Waals surface area contributed by atoms with Gasteiger partial charge in [-0.15, -0.1) is 5.10 Å². The van der Waals surface area contributed by atoms with Crippen LogP contribution in [0, 0.1) is 5.92 Å². The van der Waals surface area contributed by atoms with Gasteiger partial charge in [0, 0.05) is 13.1 Å². The molecule has 0 saturated carbocycles. The molecule has 0 spiro atoms. The van der Waals surface area contributed by atoms with Crippen molar-refractivity contribution in [3.8, 4) is 0 Å². The second-order valence-electron chi connectivity index (χ2n) is 4.71. The lowest BCUT2D eigenvalue weighted by molar-refractivity contribution is 0.0481. The lowest BCUT2D eigenvalue weighted by atomic mass is 10.1. The van der Waals surface area contributed by atoms with E-state index in [1.807, 2.05) is 0 Å². The van der Waals surface area contributed by atoms with Gasteiger partial charge in [-0.05, 0) is 12.3 Å². The summed E-state index contributed by atoms with van der Waals surface area (Å²) in [4.78, 5) is 11.6. The number of carbonyl (C=O) groups excluding carboxylic acids is 1. The first kappa shape index (κ1) is 12.0. The smallest absolute Gasteiger partial charge is 0.360 e. The Morgan fingerprint density at radius 3 is 3.00 bits per heavy atom. The summed E-state index contributed by atoms with van der Waals surface area (Å²) in [5, 5.41) is 10.9. The van der Waals surface area contributed by atoms with Crippen LogP contribution in [0.1, 0.15) is 36.8 Å².